The maximum Gasteiger partial charge on any atom is 0.227 e. The summed E-state index contributed by atoms with van der Waals surface area (Å²) in [4.78, 5) is 15.2. The lowest BCUT2D eigenvalue weighted by Crippen LogP contribution is -2.38. The number of hydrogen-bond donors (Lipinski definition) is 1. The SMILES string of the molecule is COc1cccc(Oc2ccc(Cl)cc2NC(=O)C2CCN(Cc3ccc(Cl)cc3F)CC2)c1. The summed E-state index contributed by atoms with van der Waals surface area (Å²) in [7, 11) is 1.59. The molecular weight excluding hydrogens is 478 g/mol. The Morgan fingerprint density at radius 3 is 2.47 bits per heavy atom. The van der Waals surface area contributed by atoms with E-state index in [-0.39, 0.29) is 17.6 Å². The predicted octanol–water partition coefficient (Wildman–Crippen LogP) is 6.78. The van der Waals surface area contributed by atoms with E-state index in [0.717, 1.165) is 0 Å². The largest absolute Gasteiger partial charge is 0.497 e. The van der Waals surface area contributed by atoms with E-state index in [1.54, 1.807) is 43.5 Å². The van der Waals surface area contributed by atoms with E-state index < -0.39 is 0 Å². The van der Waals surface area contributed by atoms with Gasteiger partial charge < -0.3 is 14.8 Å². The number of piperidine rings is 1. The monoisotopic (exact) mass is 502 g/mol. The van der Waals surface area contributed by atoms with Crippen LogP contribution in [0.1, 0.15) is 18.4 Å². The molecule has 0 radical (unpaired) electrons. The third-order valence-electron chi connectivity index (χ3n) is 5.84. The molecule has 1 saturated heterocycles. The Labute approximate surface area is 208 Å². The molecule has 1 heterocycles. The minimum atomic E-state index is -0.308. The van der Waals surface area contributed by atoms with Crippen LogP contribution in [0.5, 0.6) is 17.2 Å². The van der Waals surface area contributed by atoms with Crippen LogP contribution in [0.2, 0.25) is 10.0 Å². The predicted molar refractivity (Wildman–Crippen MR) is 133 cm³/mol. The van der Waals surface area contributed by atoms with E-state index in [1.807, 2.05) is 18.2 Å². The number of anilines is 1. The molecule has 4 rings (SSSR count). The summed E-state index contributed by atoms with van der Waals surface area (Å²) in [6, 6.07) is 17.1. The van der Waals surface area contributed by atoms with Gasteiger partial charge in [-0.15, -0.1) is 0 Å². The van der Waals surface area contributed by atoms with Crippen molar-refractivity contribution in [1.29, 1.82) is 0 Å². The molecule has 1 N–H and O–H groups in total. The molecule has 1 aliphatic rings. The highest BCUT2D eigenvalue weighted by molar-refractivity contribution is 6.31. The van der Waals surface area contributed by atoms with Crippen molar-refractivity contribution in [3.63, 3.8) is 0 Å². The summed E-state index contributed by atoms with van der Waals surface area (Å²) < 4.78 is 25.4. The number of nitrogens with one attached hydrogen (secondary N) is 1. The molecule has 0 saturated carbocycles. The van der Waals surface area contributed by atoms with Crippen LogP contribution in [0.15, 0.2) is 60.7 Å². The summed E-state index contributed by atoms with van der Waals surface area (Å²) >= 11 is 12.0. The summed E-state index contributed by atoms with van der Waals surface area (Å²) in [6.07, 6.45) is 1.35. The fourth-order valence-corrected chi connectivity index (χ4v) is 4.29. The standard InChI is InChI=1S/C26H25Cl2FN2O3/c1-33-21-3-2-4-22(15-21)34-25-8-7-20(28)14-24(25)30-26(32)17-9-11-31(12-10-17)16-18-5-6-19(27)13-23(18)29/h2-8,13-15,17H,9-12,16H2,1H3,(H,30,32). The Morgan fingerprint density at radius 1 is 1.03 bits per heavy atom. The van der Waals surface area contributed by atoms with Crippen molar-refractivity contribution in [2.24, 2.45) is 5.92 Å². The molecule has 0 unspecified atom stereocenters. The van der Waals surface area contributed by atoms with Crippen LogP contribution in [0.3, 0.4) is 0 Å². The molecule has 8 heteroatoms. The first kappa shape index (κ1) is 24.3. The van der Waals surface area contributed by atoms with E-state index in [1.165, 1.54) is 6.07 Å². The lowest BCUT2D eigenvalue weighted by molar-refractivity contribution is -0.121. The van der Waals surface area contributed by atoms with Gasteiger partial charge >= 0.3 is 0 Å². The second-order valence-electron chi connectivity index (χ2n) is 8.20. The third kappa shape index (κ3) is 6.20. The molecule has 178 valence electrons. The molecule has 0 spiro atoms. The highest BCUT2D eigenvalue weighted by Crippen LogP contribution is 2.34. The highest BCUT2D eigenvalue weighted by Gasteiger charge is 2.26. The third-order valence-corrected chi connectivity index (χ3v) is 6.31. The summed E-state index contributed by atoms with van der Waals surface area (Å²) in [5.74, 6) is 1.19. The number of methoxy groups -OCH3 is 1. The van der Waals surface area contributed by atoms with Gasteiger partial charge in [-0.25, -0.2) is 4.39 Å². The second kappa shape index (κ2) is 11.1. The quantitative estimate of drug-likeness (QED) is 0.386. The van der Waals surface area contributed by atoms with Gasteiger partial charge in [-0.2, -0.15) is 0 Å². The zero-order chi connectivity index (χ0) is 24.1. The Hall–Kier alpha value is -2.80. The van der Waals surface area contributed by atoms with E-state index >= 15 is 0 Å². The highest BCUT2D eigenvalue weighted by atomic mass is 35.5. The van der Waals surface area contributed by atoms with Gasteiger partial charge in [-0.05, 0) is 68.4 Å². The van der Waals surface area contributed by atoms with Crippen molar-refractivity contribution < 1.29 is 18.7 Å². The maximum atomic E-state index is 14.1. The fraction of sp³-hybridized carbons (Fsp3) is 0.269. The molecule has 1 amide bonds. The summed E-state index contributed by atoms with van der Waals surface area (Å²) in [5, 5.41) is 3.85. The van der Waals surface area contributed by atoms with Crippen LogP contribution in [-0.4, -0.2) is 31.0 Å². The van der Waals surface area contributed by atoms with E-state index in [4.69, 9.17) is 32.7 Å². The van der Waals surface area contributed by atoms with E-state index in [9.17, 15) is 9.18 Å². The van der Waals surface area contributed by atoms with Gasteiger partial charge in [0.05, 0.1) is 12.8 Å². The average molecular weight is 503 g/mol. The van der Waals surface area contributed by atoms with Crippen molar-refractivity contribution in [2.45, 2.75) is 19.4 Å². The van der Waals surface area contributed by atoms with Crippen LogP contribution < -0.4 is 14.8 Å². The minimum Gasteiger partial charge on any atom is -0.497 e. The Bertz CT molecular complexity index is 1170. The van der Waals surface area contributed by atoms with E-state index in [0.29, 0.717) is 71.0 Å². The first-order chi connectivity index (χ1) is 16.4. The maximum absolute atomic E-state index is 14.1. The molecule has 1 fully saturated rings. The van der Waals surface area contributed by atoms with Gasteiger partial charge in [-0.1, -0.05) is 35.3 Å². The summed E-state index contributed by atoms with van der Waals surface area (Å²) in [5.41, 5.74) is 1.11. The molecule has 3 aromatic carbocycles. The van der Waals surface area contributed by atoms with Crippen molar-refractivity contribution in [1.82, 2.24) is 4.90 Å². The molecule has 5 nitrogen and oxygen atoms in total. The molecule has 1 aliphatic heterocycles. The Balaban J connectivity index is 1.38. The minimum absolute atomic E-state index is 0.0879. The van der Waals surface area contributed by atoms with Crippen LogP contribution >= 0.6 is 23.2 Å². The van der Waals surface area contributed by atoms with Gasteiger partial charge in [0.1, 0.15) is 17.3 Å². The smallest absolute Gasteiger partial charge is 0.227 e. The fourth-order valence-electron chi connectivity index (χ4n) is 3.96. The number of likely N-dealkylation sites (tertiary alicyclic amines) is 1. The lowest BCUT2D eigenvalue weighted by atomic mass is 9.95. The van der Waals surface area contributed by atoms with Gasteiger partial charge in [0.2, 0.25) is 5.91 Å². The molecule has 0 bridgehead atoms. The number of rotatable bonds is 7. The zero-order valence-corrected chi connectivity index (χ0v) is 20.2. The van der Waals surface area contributed by atoms with E-state index in [2.05, 4.69) is 10.2 Å². The van der Waals surface area contributed by atoms with Crippen molar-refractivity contribution in [3.05, 3.63) is 82.1 Å². The molecule has 34 heavy (non-hydrogen) atoms. The normalized spacial score (nSPS) is 14.6. The Morgan fingerprint density at radius 2 is 1.74 bits per heavy atom. The van der Waals surface area contributed by atoms with Crippen molar-refractivity contribution in [3.8, 4) is 17.2 Å². The molecule has 0 atom stereocenters. The first-order valence-electron chi connectivity index (χ1n) is 11.0. The van der Waals surface area contributed by atoms with Crippen LogP contribution in [0, 0.1) is 11.7 Å². The van der Waals surface area contributed by atoms with Gasteiger partial charge in [0, 0.05) is 34.1 Å². The zero-order valence-electron chi connectivity index (χ0n) is 18.7. The Kier molecular flexibility index (Phi) is 7.93. The number of nitrogens with zero attached hydrogens (tertiary/aromatic N) is 1. The van der Waals surface area contributed by atoms with Gasteiger partial charge in [0.15, 0.2) is 5.75 Å². The van der Waals surface area contributed by atoms with Crippen LogP contribution in [0.4, 0.5) is 10.1 Å². The number of benzene rings is 3. The number of carbonyl (C=O) groups is 1. The number of hydrogen-bond acceptors (Lipinski definition) is 4. The summed E-state index contributed by atoms with van der Waals surface area (Å²) in [6.45, 7) is 1.88. The molecule has 3 aromatic rings. The number of ether oxygens (including phenoxy) is 2. The average Bonchev–Trinajstić information content (AvgIpc) is 2.83. The molecule has 0 aliphatic carbocycles. The molecule has 0 aromatic heterocycles. The van der Waals surface area contributed by atoms with Gasteiger partial charge in [-0.3, -0.25) is 9.69 Å². The molecular formula is C26H25Cl2FN2O3. The van der Waals surface area contributed by atoms with Crippen molar-refractivity contribution >= 4 is 34.8 Å². The lowest BCUT2D eigenvalue weighted by Gasteiger charge is -2.31. The van der Waals surface area contributed by atoms with Crippen LogP contribution in [0.25, 0.3) is 0 Å². The van der Waals surface area contributed by atoms with Crippen molar-refractivity contribution in [2.75, 3.05) is 25.5 Å². The number of carbonyl (C=O) groups excluding carboxylic acids is 1. The number of amides is 1. The topological polar surface area (TPSA) is 50.8 Å². The van der Waals surface area contributed by atoms with Crippen LogP contribution in [-0.2, 0) is 11.3 Å². The number of halogens is 3. The van der Waals surface area contributed by atoms with Gasteiger partial charge in [0.25, 0.3) is 0 Å². The second-order valence-corrected chi connectivity index (χ2v) is 9.07. The first-order valence-corrected chi connectivity index (χ1v) is 11.8.